The van der Waals surface area contributed by atoms with Crippen LogP contribution in [-0.4, -0.2) is 39.3 Å². The summed E-state index contributed by atoms with van der Waals surface area (Å²) in [5.74, 6) is -0.317. The van der Waals surface area contributed by atoms with Gasteiger partial charge in [-0.15, -0.1) is 5.10 Å². The van der Waals surface area contributed by atoms with Crippen molar-refractivity contribution in [2.75, 3.05) is 7.11 Å². The molecule has 0 bridgehead atoms. The first-order chi connectivity index (χ1) is 15.9. The van der Waals surface area contributed by atoms with Crippen LogP contribution in [0.25, 0.3) is 28.8 Å². The van der Waals surface area contributed by atoms with E-state index in [1.807, 2.05) is 0 Å². The summed E-state index contributed by atoms with van der Waals surface area (Å²) in [5, 5.41) is 17.3. The van der Waals surface area contributed by atoms with Gasteiger partial charge in [0.2, 0.25) is 5.16 Å². The molecular formula is C23H16ClN3O5S. The van der Waals surface area contributed by atoms with Crippen LogP contribution in [0.1, 0.15) is 16.1 Å². The third-order valence-electron chi connectivity index (χ3n) is 4.46. The number of halogens is 1. The lowest BCUT2D eigenvalue weighted by Crippen LogP contribution is -2.00. The quantitative estimate of drug-likeness (QED) is 0.205. The van der Waals surface area contributed by atoms with E-state index in [2.05, 4.69) is 15.2 Å². The molecule has 0 aliphatic heterocycles. The number of ether oxygens (including phenoxy) is 1. The number of methoxy groups -OCH3 is 1. The Kier molecular flexibility index (Phi) is 6.62. The highest BCUT2D eigenvalue weighted by molar-refractivity contribution is 8.04. The van der Waals surface area contributed by atoms with E-state index < -0.39 is 11.9 Å². The maximum Gasteiger partial charge on any atom is 0.342 e. The van der Waals surface area contributed by atoms with E-state index in [9.17, 15) is 14.7 Å². The second-order valence-corrected chi connectivity index (χ2v) is 8.11. The van der Waals surface area contributed by atoms with Crippen molar-refractivity contribution in [3.63, 3.8) is 0 Å². The summed E-state index contributed by atoms with van der Waals surface area (Å²) < 4.78 is 10.5. The largest absolute Gasteiger partial charge is 0.477 e. The molecule has 0 fully saturated rings. The number of hydrogen-bond acceptors (Lipinski definition) is 7. The minimum atomic E-state index is -1.15. The van der Waals surface area contributed by atoms with Crippen molar-refractivity contribution >= 4 is 41.4 Å². The molecule has 0 aliphatic carbocycles. The van der Waals surface area contributed by atoms with Crippen molar-refractivity contribution < 1.29 is 23.8 Å². The number of carboxylic acid groups (broad SMARTS) is 1. The molecule has 166 valence electrons. The normalized spacial score (nSPS) is 11.4. The molecule has 2 N–H and O–H groups in total. The number of carbonyl (C=O) groups is 2. The molecule has 33 heavy (non-hydrogen) atoms. The average Bonchev–Trinajstić information content (AvgIpc) is 3.48. The highest BCUT2D eigenvalue weighted by atomic mass is 35.5. The van der Waals surface area contributed by atoms with Crippen LogP contribution in [-0.2, 0) is 9.53 Å². The number of esters is 1. The molecule has 0 radical (unpaired) electrons. The summed E-state index contributed by atoms with van der Waals surface area (Å²) in [5.41, 5.74) is 1.81. The van der Waals surface area contributed by atoms with Crippen LogP contribution < -0.4 is 0 Å². The summed E-state index contributed by atoms with van der Waals surface area (Å²) in [6, 6.07) is 17.1. The molecule has 10 heteroatoms. The van der Waals surface area contributed by atoms with Crippen LogP contribution in [0.15, 0.2) is 75.1 Å². The lowest BCUT2D eigenvalue weighted by Gasteiger charge is -2.01. The summed E-state index contributed by atoms with van der Waals surface area (Å²) >= 11 is 6.79. The molecule has 0 aliphatic rings. The molecule has 0 spiro atoms. The number of nitrogens with one attached hydrogen (secondary N) is 1. The molecule has 0 unspecified atom stereocenters. The molecular weight excluding hydrogens is 466 g/mol. The summed E-state index contributed by atoms with van der Waals surface area (Å²) in [4.78, 5) is 27.9. The number of furan rings is 1. The molecule has 0 saturated heterocycles. The minimum Gasteiger partial charge on any atom is -0.477 e. The van der Waals surface area contributed by atoms with Gasteiger partial charge >= 0.3 is 11.9 Å². The smallest absolute Gasteiger partial charge is 0.342 e. The lowest BCUT2D eigenvalue weighted by molar-refractivity contribution is -0.131. The van der Waals surface area contributed by atoms with Crippen LogP contribution in [0.4, 0.5) is 0 Å². The Balaban J connectivity index is 1.55. The standard InChI is InChI=1S/C23H16ClN3O5S/c1-31-22(30)15-4-2-3-14(11-15)18-10-9-17(32-18)12-19(21(28)29)33-23-25-20(26-27-23)13-5-7-16(24)8-6-13/h2-12H,1H3,(H,28,29)(H,25,26,27)/b19-12-. The molecule has 2 heterocycles. The number of aliphatic carboxylic acids is 1. The van der Waals surface area contributed by atoms with Gasteiger partial charge in [0.15, 0.2) is 5.82 Å². The minimum absolute atomic E-state index is 0.0270. The predicted octanol–water partition coefficient (Wildman–Crippen LogP) is 5.39. The van der Waals surface area contributed by atoms with E-state index in [0.717, 1.165) is 17.3 Å². The average molecular weight is 482 g/mol. The topological polar surface area (TPSA) is 118 Å². The van der Waals surface area contributed by atoms with Gasteiger partial charge in [0, 0.05) is 22.2 Å². The zero-order valence-electron chi connectivity index (χ0n) is 17.1. The van der Waals surface area contributed by atoms with Gasteiger partial charge in [-0.3, -0.25) is 5.10 Å². The molecule has 2 aromatic carbocycles. The first-order valence-electron chi connectivity index (χ1n) is 9.52. The summed E-state index contributed by atoms with van der Waals surface area (Å²) in [6.45, 7) is 0. The van der Waals surface area contributed by atoms with Gasteiger partial charge in [-0.1, -0.05) is 23.7 Å². The van der Waals surface area contributed by atoms with Gasteiger partial charge in [0.05, 0.1) is 12.7 Å². The Morgan fingerprint density at radius 1 is 1.12 bits per heavy atom. The van der Waals surface area contributed by atoms with Crippen LogP contribution in [0.5, 0.6) is 0 Å². The van der Waals surface area contributed by atoms with Crippen LogP contribution in [0, 0.1) is 0 Å². The van der Waals surface area contributed by atoms with Gasteiger partial charge < -0.3 is 14.3 Å². The fraction of sp³-hybridized carbons (Fsp3) is 0.0435. The number of hydrogen-bond donors (Lipinski definition) is 2. The molecule has 0 atom stereocenters. The second kappa shape index (κ2) is 9.76. The van der Waals surface area contributed by atoms with Crippen molar-refractivity contribution in [2.24, 2.45) is 0 Å². The van der Waals surface area contributed by atoms with Crippen molar-refractivity contribution in [2.45, 2.75) is 5.16 Å². The maximum absolute atomic E-state index is 11.8. The monoisotopic (exact) mass is 481 g/mol. The maximum atomic E-state index is 11.8. The van der Waals surface area contributed by atoms with Gasteiger partial charge in [-0.2, -0.15) is 0 Å². The highest BCUT2D eigenvalue weighted by Crippen LogP contribution is 2.30. The Morgan fingerprint density at radius 3 is 2.64 bits per heavy atom. The zero-order chi connectivity index (χ0) is 23.4. The third kappa shape index (κ3) is 5.33. The number of aromatic nitrogens is 3. The summed E-state index contributed by atoms with van der Waals surface area (Å²) in [6.07, 6.45) is 1.39. The first kappa shape index (κ1) is 22.4. The van der Waals surface area contributed by atoms with Crippen molar-refractivity contribution in [1.29, 1.82) is 0 Å². The van der Waals surface area contributed by atoms with Gasteiger partial charge in [0.25, 0.3) is 0 Å². The number of rotatable bonds is 7. The highest BCUT2D eigenvalue weighted by Gasteiger charge is 2.16. The van der Waals surface area contributed by atoms with E-state index in [-0.39, 0.29) is 10.1 Å². The van der Waals surface area contributed by atoms with E-state index in [4.69, 9.17) is 20.8 Å². The van der Waals surface area contributed by atoms with Crippen LogP contribution in [0.3, 0.4) is 0 Å². The predicted molar refractivity (Wildman–Crippen MR) is 124 cm³/mol. The first-order valence-corrected chi connectivity index (χ1v) is 10.7. The fourth-order valence-electron chi connectivity index (χ4n) is 2.89. The second-order valence-electron chi connectivity index (χ2n) is 6.66. The van der Waals surface area contributed by atoms with Crippen molar-refractivity contribution in [3.8, 4) is 22.7 Å². The van der Waals surface area contributed by atoms with Crippen molar-refractivity contribution in [3.05, 3.63) is 81.9 Å². The molecule has 4 aromatic rings. The zero-order valence-corrected chi connectivity index (χ0v) is 18.7. The Hall–Kier alpha value is -3.82. The fourth-order valence-corrected chi connectivity index (χ4v) is 3.71. The number of thioether (sulfide) groups is 1. The lowest BCUT2D eigenvalue weighted by atomic mass is 10.1. The Morgan fingerprint density at radius 2 is 1.91 bits per heavy atom. The Bertz CT molecular complexity index is 1340. The number of carboxylic acids is 1. The third-order valence-corrected chi connectivity index (χ3v) is 5.59. The number of nitrogens with zero attached hydrogens (tertiary/aromatic N) is 2. The van der Waals surface area contributed by atoms with Gasteiger partial charge in [-0.05, 0) is 60.3 Å². The molecule has 2 aromatic heterocycles. The molecule has 0 saturated carbocycles. The molecule has 4 rings (SSSR count). The van der Waals surface area contributed by atoms with E-state index in [1.54, 1.807) is 60.7 Å². The number of aromatic amines is 1. The molecule has 8 nitrogen and oxygen atoms in total. The Labute approximate surface area is 197 Å². The van der Waals surface area contributed by atoms with E-state index in [1.165, 1.54) is 13.2 Å². The van der Waals surface area contributed by atoms with E-state index in [0.29, 0.717) is 33.5 Å². The van der Waals surface area contributed by atoms with Gasteiger partial charge in [-0.25, -0.2) is 14.6 Å². The summed E-state index contributed by atoms with van der Waals surface area (Å²) in [7, 11) is 1.31. The SMILES string of the molecule is COC(=O)c1cccc(-c2ccc(/C=C(\Sc3n[nH]c(-c4ccc(Cl)cc4)n3)C(=O)O)o2)c1. The van der Waals surface area contributed by atoms with Crippen LogP contribution in [0.2, 0.25) is 5.02 Å². The van der Waals surface area contributed by atoms with Gasteiger partial charge in [0.1, 0.15) is 16.4 Å². The molecule has 0 amide bonds. The number of carbonyl (C=O) groups excluding carboxylic acids is 1. The van der Waals surface area contributed by atoms with E-state index >= 15 is 0 Å². The van der Waals surface area contributed by atoms with Crippen LogP contribution >= 0.6 is 23.4 Å². The van der Waals surface area contributed by atoms with Crippen molar-refractivity contribution in [1.82, 2.24) is 15.2 Å². The number of H-pyrrole nitrogens is 1. The number of benzene rings is 2.